The highest BCUT2D eigenvalue weighted by Gasteiger charge is 2.32. The van der Waals surface area contributed by atoms with Gasteiger partial charge in [0.05, 0.1) is 6.04 Å². The molecule has 0 aliphatic rings. The molecular formula is C37H42N6O6. The molecule has 0 aliphatic heterocycles. The monoisotopic (exact) mass is 666 g/mol. The SMILES string of the molecule is CC(C)C[C@H](NC(=O)[C@H](Cc1c[nH]c2ccccc12)NC(=O)[C@H](Cc1c[nH]c2ccccc12)NC(=O)[C@@H](N)Cc1ccc(O)cc1)C(=O)O. The lowest BCUT2D eigenvalue weighted by molar-refractivity contribution is -0.142. The summed E-state index contributed by atoms with van der Waals surface area (Å²) in [7, 11) is 0. The number of aromatic nitrogens is 2. The van der Waals surface area contributed by atoms with Gasteiger partial charge in [-0.15, -0.1) is 0 Å². The van der Waals surface area contributed by atoms with Gasteiger partial charge in [-0.1, -0.05) is 62.4 Å². The molecule has 9 N–H and O–H groups in total. The van der Waals surface area contributed by atoms with Crippen molar-refractivity contribution in [2.45, 2.75) is 63.7 Å². The van der Waals surface area contributed by atoms with E-state index in [9.17, 15) is 29.4 Å². The molecule has 0 unspecified atom stereocenters. The van der Waals surface area contributed by atoms with Crippen molar-refractivity contribution in [3.63, 3.8) is 0 Å². The van der Waals surface area contributed by atoms with Crippen molar-refractivity contribution >= 4 is 45.5 Å². The first-order valence-electron chi connectivity index (χ1n) is 16.3. The number of benzene rings is 3. The number of carboxylic acid groups (broad SMARTS) is 1. The van der Waals surface area contributed by atoms with Crippen LogP contribution in [0.3, 0.4) is 0 Å². The predicted molar refractivity (Wildman–Crippen MR) is 187 cm³/mol. The van der Waals surface area contributed by atoms with E-state index in [-0.39, 0.29) is 37.4 Å². The Kier molecular flexibility index (Phi) is 11.0. The van der Waals surface area contributed by atoms with Crippen molar-refractivity contribution in [2.24, 2.45) is 11.7 Å². The zero-order chi connectivity index (χ0) is 35.1. The molecule has 2 aromatic heterocycles. The third-order valence-corrected chi connectivity index (χ3v) is 8.51. The van der Waals surface area contributed by atoms with Crippen molar-refractivity contribution < 1.29 is 29.4 Å². The Morgan fingerprint density at radius 1 is 0.673 bits per heavy atom. The van der Waals surface area contributed by atoms with Gasteiger partial charge in [0, 0.05) is 47.0 Å². The van der Waals surface area contributed by atoms with Crippen LogP contribution in [0.1, 0.15) is 37.0 Å². The number of carboxylic acids is 1. The molecule has 256 valence electrons. The normalized spacial score (nSPS) is 13.9. The molecule has 49 heavy (non-hydrogen) atoms. The molecule has 0 spiro atoms. The summed E-state index contributed by atoms with van der Waals surface area (Å²) >= 11 is 0. The summed E-state index contributed by atoms with van der Waals surface area (Å²) in [4.78, 5) is 59.8. The first-order chi connectivity index (χ1) is 23.5. The van der Waals surface area contributed by atoms with Gasteiger partial charge in [0.15, 0.2) is 0 Å². The van der Waals surface area contributed by atoms with E-state index in [1.165, 1.54) is 12.1 Å². The Labute approximate surface area is 283 Å². The van der Waals surface area contributed by atoms with Gasteiger partial charge in [0.1, 0.15) is 23.9 Å². The molecule has 0 bridgehead atoms. The van der Waals surface area contributed by atoms with Crippen LogP contribution < -0.4 is 21.7 Å². The van der Waals surface area contributed by atoms with E-state index >= 15 is 0 Å². The number of carbonyl (C=O) groups is 4. The minimum atomic E-state index is -1.17. The molecule has 0 saturated carbocycles. The number of nitrogens with two attached hydrogens (primary N) is 1. The van der Waals surface area contributed by atoms with Crippen molar-refractivity contribution in [1.29, 1.82) is 0 Å². The quantitative estimate of drug-likeness (QED) is 0.0837. The summed E-state index contributed by atoms with van der Waals surface area (Å²) in [6.45, 7) is 3.72. The number of aliphatic carboxylic acids is 1. The maximum atomic E-state index is 14.2. The summed E-state index contributed by atoms with van der Waals surface area (Å²) in [5, 5.41) is 29.4. The van der Waals surface area contributed by atoms with Crippen molar-refractivity contribution in [3.05, 3.63) is 102 Å². The van der Waals surface area contributed by atoms with Gasteiger partial charge in [-0.2, -0.15) is 0 Å². The van der Waals surface area contributed by atoms with Gasteiger partial charge in [-0.05, 0) is 59.7 Å². The van der Waals surface area contributed by atoms with E-state index in [2.05, 4.69) is 25.9 Å². The summed E-state index contributed by atoms with van der Waals surface area (Å²) in [6.07, 6.45) is 4.03. The number of fused-ring (bicyclic) bond motifs is 2. The number of carbonyl (C=O) groups excluding carboxylic acids is 3. The number of aromatic hydroxyl groups is 1. The smallest absolute Gasteiger partial charge is 0.326 e. The fraction of sp³-hybridized carbons (Fsp3) is 0.297. The third-order valence-electron chi connectivity index (χ3n) is 8.51. The molecule has 0 saturated heterocycles. The maximum Gasteiger partial charge on any atom is 0.326 e. The summed E-state index contributed by atoms with van der Waals surface area (Å²) in [6, 6.07) is 16.9. The second kappa shape index (κ2) is 15.5. The number of phenols is 1. The molecule has 5 aromatic rings. The van der Waals surface area contributed by atoms with E-state index in [1.807, 2.05) is 62.4 Å². The second-order valence-corrected chi connectivity index (χ2v) is 12.8. The fourth-order valence-electron chi connectivity index (χ4n) is 5.95. The summed E-state index contributed by atoms with van der Waals surface area (Å²) in [5.74, 6) is -2.97. The van der Waals surface area contributed by atoms with Gasteiger partial charge < -0.3 is 41.9 Å². The number of phenolic OH excluding ortho intramolecular Hbond substituents is 1. The van der Waals surface area contributed by atoms with Gasteiger partial charge in [0.2, 0.25) is 17.7 Å². The standard InChI is InChI=1S/C37H42N6O6/c1-21(2)15-33(37(48)49)43-36(47)32(18-24-20-40-30-10-6-4-8-27(24)30)42-35(46)31(17-23-19-39-29-9-5-3-7-26(23)29)41-34(45)28(38)16-22-11-13-25(44)14-12-22/h3-14,19-21,28,31-33,39-40,44H,15-18,38H2,1-2H3,(H,41,45)(H,42,46)(H,43,47)(H,48,49)/t28-,31-,32-,33-/m0/s1. The molecular weight excluding hydrogens is 624 g/mol. The van der Waals surface area contributed by atoms with Crippen LogP contribution in [0, 0.1) is 5.92 Å². The van der Waals surface area contributed by atoms with Gasteiger partial charge in [-0.3, -0.25) is 14.4 Å². The van der Waals surface area contributed by atoms with Gasteiger partial charge in [0.25, 0.3) is 0 Å². The zero-order valence-corrected chi connectivity index (χ0v) is 27.4. The molecule has 12 heteroatoms. The van der Waals surface area contributed by atoms with Crippen LogP contribution in [0.25, 0.3) is 21.8 Å². The van der Waals surface area contributed by atoms with E-state index in [4.69, 9.17) is 5.73 Å². The highest BCUT2D eigenvalue weighted by atomic mass is 16.4. The van der Waals surface area contributed by atoms with Crippen molar-refractivity contribution in [3.8, 4) is 5.75 Å². The third kappa shape index (κ3) is 8.85. The van der Waals surface area contributed by atoms with E-state index in [0.29, 0.717) is 0 Å². The molecule has 4 atom stereocenters. The maximum absolute atomic E-state index is 14.2. The highest BCUT2D eigenvalue weighted by molar-refractivity contribution is 5.95. The Balaban J connectivity index is 1.42. The van der Waals surface area contributed by atoms with Crippen LogP contribution in [-0.2, 0) is 38.4 Å². The van der Waals surface area contributed by atoms with Crippen LogP contribution in [0.5, 0.6) is 5.75 Å². The van der Waals surface area contributed by atoms with E-state index in [0.717, 1.165) is 38.5 Å². The van der Waals surface area contributed by atoms with Crippen LogP contribution in [0.15, 0.2) is 85.2 Å². The topological polar surface area (TPSA) is 202 Å². The Morgan fingerprint density at radius 3 is 1.63 bits per heavy atom. The van der Waals surface area contributed by atoms with Crippen LogP contribution in [0.2, 0.25) is 0 Å². The molecule has 2 heterocycles. The second-order valence-electron chi connectivity index (χ2n) is 12.8. The van der Waals surface area contributed by atoms with Crippen LogP contribution >= 0.6 is 0 Å². The molecule has 5 rings (SSSR count). The number of hydrogen-bond donors (Lipinski definition) is 8. The lowest BCUT2D eigenvalue weighted by atomic mass is 9.99. The van der Waals surface area contributed by atoms with Crippen LogP contribution in [-0.4, -0.2) is 68.0 Å². The Bertz CT molecular complexity index is 1930. The lowest BCUT2D eigenvalue weighted by Crippen LogP contribution is -2.58. The average molecular weight is 667 g/mol. The van der Waals surface area contributed by atoms with Gasteiger partial charge in [-0.25, -0.2) is 4.79 Å². The number of amides is 3. The van der Waals surface area contributed by atoms with Crippen LogP contribution in [0.4, 0.5) is 0 Å². The number of aromatic amines is 2. The minimum Gasteiger partial charge on any atom is -0.508 e. The first-order valence-corrected chi connectivity index (χ1v) is 16.3. The molecule has 0 aliphatic carbocycles. The largest absolute Gasteiger partial charge is 0.508 e. The molecule has 12 nitrogen and oxygen atoms in total. The minimum absolute atomic E-state index is 0.00962. The first kappa shape index (κ1) is 34.7. The molecule has 3 aromatic carbocycles. The Hall–Kier alpha value is -5.62. The zero-order valence-electron chi connectivity index (χ0n) is 27.4. The number of para-hydroxylation sites is 2. The molecule has 0 radical (unpaired) electrons. The number of nitrogens with one attached hydrogen (secondary N) is 5. The number of hydrogen-bond acceptors (Lipinski definition) is 6. The fourth-order valence-corrected chi connectivity index (χ4v) is 5.95. The van der Waals surface area contributed by atoms with Crippen molar-refractivity contribution in [2.75, 3.05) is 0 Å². The van der Waals surface area contributed by atoms with Crippen molar-refractivity contribution in [1.82, 2.24) is 25.9 Å². The summed E-state index contributed by atoms with van der Waals surface area (Å²) in [5.41, 5.74) is 10.2. The lowest BCUT2D eigenvalue weighted by Gasteiger charge is -2.26. The Morgan fingerprint density at radius 2 is 1.14 bits per heavy atom. The average Bonchev–Trinajstić information content (AvgIpc) is 3.68. The molecule has 0 fully saturated rings. The summed E-state index contributed by atoms with van der Waals surface area (Å²) < 4.78 is 0. The van der Waals surface area contributed by atoms with E-state index in [1.54, 1.807) is 24.5 Å². The van der Waals surface area contributed by atoms with E-state index < -0.39 is 47.9 Å². The van der Waals surface area contributed by atoms with Gasteiger partial charge >= 0.3 is 5.97 Å². The highest BCUT2D eigenvalue weighted by Crippen LogP contribution is 2.21. The number of rotatable bonds is 15. The number of H-pyrrole nitrogens is 2. The predicted octanol–water partition coefficient (Wildman–Crippen LogP) is 3.30. The molecule has 3 amide bonds.